The number of nitrogens with zero attached hydrogens (tertiary/aromatic N) is 1. The predicted octanol–water partition coefficient (Wildman–Crippen LogP) is 2.98. The number of nitrogens with two attached hydrogens (primary N) is 1. The molecule has 0 bridgehead atoms. The third kappa shape index (κ3) is 4.84. The van der Waals surface area contributed by atoms with Crippen molar-refractivity contribution in [3.05, 3.63) is 65.2 Å². The molecule has 0 aliphatic carbocycles. The molecule has 2 aromatic carbocycles. The Labute approximate surface area is 130 Å². The van der Waals surface area contributed by atoms with E-state index >= 15 is 0 Å². The zero-order valence-corrected chi connectivity index (χ0v) is 12.0. The molecule has 0 atom stereocenters. The fraction of sp³-hybridized carbons (Fsp3) is 0.125. The Bertz CT molecular complexity index is 709. The number of halogens is 3. The summed E-state index contributed by atoms with van der Waals surface area (Å²) >= 11 is 0. The van der Waals surface area contributed by atoms with Crippen LogP contribution in [0.3, 0.4) is 0 Å². The molecule has 0 saturated heterocycles. The van der Waals surface area contributed by atoms with Crippen LogP contribution >= 0.6 is 0 Å². The third-order valence-corrected chi connectivity index (χ3v) is 3.00. The lowest BCUT2D eigenvalue weighted by molar-refractivity contribution is -0.137. The maximum Gasteiger partial charge on any atom is 0.417 e. The molecule has 3 N–H and O–H groups in total. The quantitative estimate of drug-likeness (QED) is 0.516. The summed E-state index contributed by atoms with van der Waals surface area (Å²) in [6.45, 7) is 0. The van der Waals surface area contributed by atoms with Crippen LogP contribution < -0.4 is 11.2 Å². The van der Waals surface area contributed by atoms with Gasteiger partial charge in [0, 0.05) is 11.3 Å². The first kappa shape index (κ1) is 16.5. The van der Waals surface area contributed by atoms with Gasteiger partial charge in [0.05, 0.1) is 18.2 Å². The van der Waals surface area contributed by atoms with Crippen molar-refractivity contribution < 1.29 is 18.0 Å². The van der Waals surface area contributed by atoms with E-state index in [1.165, 1.54) is 18.2 Å². The van der Waals surface area contributed by atoms with Crippen molar-refractivity contribution >= 4 is 17.8 Å². The maximum absolute atomic E-state index is 12.8. The zero-order chi connectivity index (χ0) is 16.9. The number of hydrazone groups is 1. The first-order chi connectivity index (χ1) is 10.9. The van der Waals surface area contributed by atoms with E-state index in [1.807, 2.05) is 0 Å². The lowest BCUT2D eigenvalue weighted by Crippen LogP contribution is -2.20. The van der Waals surface area contributed by atoms with Crippen LogP contribution in [0.2, 0.25) is 0 Å². The van der Waals surface area contributed by atoms with Crippen molar-refractivity contribution in [2.45, 2.75) is 12.6 Å². The summed E-state index contributed by atoms with van der Waals surface area (Å²) in [7, 11) is 0. The van der Waals surface area contributed by atoms with E-state index in [0.29, 0.717) is 5.69 Å². The summed E-state index contributed by atoms with van der Waals surface area (Å²) in [4.78, 5) is 11.7. The van der Waals surface area contributed by atoms with Gasteiger partial charge in [0.1, 0.15) is 0 Å². The van der Waals surface area contributed by atoms with Gasteiger partial charge < -0.3 is 5.73 Å². The number of carbonyl (C=O) groups is 1. The topological polar surface area (TPSA) is 67.5 Å². The molecule has 120 valence electrons. The molecule has 23 heavy (non-hydrogen) atoms. The van der Waals surface area contributed by atoms with Crippen LogP contribution in [0.1, 0.15) is 16.7 Å². The van der Waals surface area contributed by atoms with E-state index in [0.717, 1.165) is 17.8 Å². The summed E-state index contributed by atoms with van der Waals surface area (Å²) in [5, 5.41) is 3.58. The smallest absolute Gasteiger partial charge is 0.399 e. The van der Waals surface area contributed by atoms with Gasteiger partial charge in [0.2, 0.25) is 5.91 Å². The number of carbonyl (C=O) groups excluding carboxylic acids is 1. The van der Waals surface area contributed by atoms with Gasteiger partial charge in [-0.05, 0) is 23.8 Å². The Morgan fingerprint density at radius 3 is 2.43 bits per heavy atom. The molecule has 2 aromatic rings. The van der Waals surface area contributed by atoms with Gasteiger partial charge in [-0.2, -0.15) is 18.3 Å². The van der Waals surface area contributed by atoms with Gasteiger partial charge in [0.25, 0.3) is 0 Å². The molecule has 7 heteroatoms. The number of hydrogen-bond donors (Lipinski definition) is 2. The van der Waals surface area contributed by atoms with E-state index < -0.39 is 17.6 Å². The number of amides is 1. The van der Waals surface area contributed by atoms with Crippen LogP contribution in [0.15, 0.2) is 53.6 Å². The number of anilines is 1. The minimum Gasteiger partial charge on any atom is -0.399 e. The Morgan fingerprint density at radius 1 is 1.13 bits per heavy atom. The highest BCUT2D eigenvalue weighted by Crippen LogP contribution is 2.30. The Kier molecular flexibility index (Phi) is 5.00. The molecular formula is C16H14F3N3O. The lowest BCUT2D eigenvalue weighted by atomic mass is 10.1. The maximum atomic E-state index is 12.8. The number of nitrogens with one attached hydrogen (secondary N) is 1. The molecule has 0 heterocycles. The van der Waals surface area contributed by atoms with Crippen LogP contribution in [-0.2, 0) is 17.4 Å². The van der Waals surface area contributed by atoms with Crippen molar-refractivity contribution in [1.29, 1.82) is 0 Å². The number of rotatable bonds is 4. The standard InChI is InChI=1S/C16H14F3N3O/c17-16(18,19)14-4-2-1-3-12(14)10-21-22-15(23)9-11-5-7-13(20)8-6-11/h1-8,10H,9,20H2,(H,22,23)/b21-10-. The summed E-state index contributed by atoms with van der Waals surface area (Å²) in [5.41, 5.74) is 8.12. The molecule has 4 nitrogen and oxygen atoms in total. The van der Waals surface area contributed by atoms with Crippen LogP contribution in [-0.4, -0.2) is 12.1 Å². The normalized spacial score (nSPS) is 11.6. The van der Waals surface area contributed by atoms with Gasteiger partial charge in [-0.25, -0.2) is 5.43 Å². The van der Waals surface area contributed by atoms with Gasteiger partial charge >= 0.3 is 6.18 Å². The summed E-state index contributed by atoms with van der Waals surface area (Å²) < 4.78 is 38.4. The van der Waals surface area contributed by atoms with Gasteiger partial charge in [-0.3, -0.25) is 4.79 Å². The second kappa shape index (κ2) is 6.95. The number of benzene rings is 2. The highest BCUT2D eigenvalue weighted by atomic mass is 19.4. The Hall–Kier alpha value is -2.83. The molecule has 0 radical (unpaired) electrons. The SMILES string of the molecule is Nc1ccc(CC(=O)N/N=C\c2ccccc2C(F)(F)F)cc1. The molecule has 1 amide bonds. The van der Waals surface area contributed by atoms with Crippen molar-refractivity contribution in [3.8, 4) is 0 Å². The van der Waals surface area contributed by atoms with E-state index in [-0.39, 0.29) is 12.0 Å². The molecule has 0 aromatic heterocycles. The minimum absolute atomic E-state index is 0.0541. The van der Waals surface area contributed by atoms with Gasteiger partial charge in [0.15, 0.2) is 0 Å². The lowest BCUT2D eigenvalue weighted by Gasteiger charge is -2.09. The predicted molar refractivity (Wildman–Crippen MR) is 81.7 cm³/mol. The van der Waals surface area contributed by atoms with Crippen LogP contribution in [0, 0.1) is 0 Å². The van der Waals surface area contributed by atoms with E-state index in [9.17, 15) is 18.0 Å². The van der Waals surface area contributed by atoms with E-state index in [2.05, 4.69) is 10.5 Å². The Balaban J connectivity index is 1.99. The fourth-order valence-electron chi connectivity index (χ4n) is 1.90. The molecular weight excluding hydrogens is 307 g/mol. The second-order valence-electron chi connectivity index (χ2n) is 4.80. The van der Waals surface area contributed by atoms with Crippen molar-refractivity contribution in [2.75, 3.05) is 5.73 Å². The largest absolute Gasteiger partial charge is 0.417 e. The number of alkyl halides is 3. The molecule has 0 aliphatic heterocycles. The molecule has 0 unspecified atom stereocenters. The van der Waals surface area contributed by atoms with Gasteiger partial charge in [-0.15, -0.1) is 0 Å². The highest BCUT2D eigenvalue weighted by Gasteiger charge is 2.32. The van der Waals surface area contributed by atoms with Crippen LogP contribution in [0.25, 0.3) is 0 Å². The fourth-order valence-corrected chi connectivity index (χ4v) is 1.90. The summed E-state index contributed by atoms with van der Waals surface area (Å²) in [6.07, 6.45) is -3.45. The minimum atomic E-state index is -4.48. The monoisotopic (exact) mass is 321 g/mol. The second-order valence-corrected chi connectivity index (χ2v) is 4.80. The van der Waals surface area contributed by atoms with Crippen LogP contribution in [0.4, 0.5) is 18.9 Å². The Morgan fingerprint density at radius 2 is 1.78 bits per heavy atom. The van der Waals surface area contributed by atoms with Gasteiger partial charge in [-0.1, -0.05) is 30.3 Å². The first-order valence-electron chi connectivity index (χ1n) is 6.69. The van der Waals surface area contributed by atoms with E-state index in [1.54, 1.807) is 24.3 Å². The average Bonchev–Trinajstić information content (AvgIpc) is 2.49. The number of nitrogen functional groups attached to an aromatic ring is 1. The highest BCUT2D eigenvalue weighted by molar-refractivity contribution is 5.84. The summed E-state index contributed by atoms with van der Waals surface area (Å²) in [6, 6.07) is 11.7. The van der Waals surface area contributed by atoms with Crippen molar-refractivity contribution in [2.24, 2.45) is 5.10 Å². The zero-order valence-electron chi connectivity index (χ0n) is 12.0. The van der Waals surface area contributed by atoms with Crippen LogP contribution in [0.5, 0.6) is 0 Å². The molecule has 0 fully saturated rings. The summed E-state index contributed by atoms with van der Waals surface area (Å²) in [5.74, 6) is -0.435. The molecule has 2 rings (SSSR count). The molecule has 0 aliphatic rings. The van der Waals surface area contributed by atoms with Crippen molar-refractivity contribution in [1.82, 2.24) is 5.43 Å². The molecule has 0 spiro atoms. The van der Waals surface area contributed by atoms with Crippen molar-refractivity contribution in [3.63, 3.8) is 0 Å². The third-order valence-electron chi connectivity index (χ3n) is 3.00. The molecule has 0 saturated carbocycles. The first-order valence-corrected chi connectivity index (χ1v) is 6.69. The number of hydrogen-bond acceptors (Lipinski definition) is 3. The van der Waals surface area contributed by atoms with E-state index in [4.69, 9.17) is 5.73 Å². The average molecular weight is 321 g/mol.